The van der Waals surface area contributed by atoms with Crippen molar-refractivity contribution in [3.8, 4) is 17.2 Å². The number of nitrogens with zero attached hydrogens (tertiary/aromatic N) is 1. The molecule has 2 aromatic rings. The van der Waals surface area contributed by atoms with Crippen LogP contribution in [-0.4, -0.2) is 30.1 Å². The van der Waals surface area contributed by atoms with Gasteiger partial charge in [0.15, 0.2) is 17.6 Å². The lowest BCUT2D eigenvalue weighted by Gasteiger charge is -2.25. The Bertz CT molecular complexity index is 656. The summed E-state index contributed by atoms with van der Waals surface area (Å²) in [5, 5.41) is 0. The minimum atomic E-state index is -0.668. The summed E-state index contributed by atoms with van der Waals surface area (Å²) in [4.78, 5) is 16.5. The van der Waals surface area contributed by atoms with E-state index in [9.17, 15) is 4.79 Å². The molecule has 3 rings (SSSR count). The van der Waals surface area contributed by atoms with Gasteiger partial charge in [-0.2, -0.15) is 0 Å². The molecule has 0 bridgehead atoms. The van der Waals surface area contributed by atoms with Crippen molar-refractivity contribution in [1.29, 1.82) is 0 Å². The summed E-state index contributed by atoms with van der Waals surface area (Å²) in [6.45, 7) is 2.59. The van der Waals surface area contributed by atoms with Crippen molar-refractivity contribution in [2.75, 3.05) is 13.2 Å². The molecule has 1 aliphatic rings. The maximum Gasteiger partial charge on any atom is 0.208 e. The summed E-state index contributed by atoms with van der Waals surface area (Å²) < 4.78 is 16.6. The molecule has 0 fully saturated rings. The molecule has 21 heavy (non-hydrogen) atoms. The SMILES string of the molecule is CCOc1cncc(C(=O)C2COc3ccccc3O2)c1. The van der Waals surface area contributed by atoms with E-state index in [4.69, 9.17) is 14.2 Å². The molecule has 108 valence electrons. The molecule has 2 heterocycles. The van der Waals surface area contributed by atoms with Crippen LogP contribution in [0.3, 0.4) is 0 Å². The molecule has 1 unspecified atom stereocenters. The number of carbonyl (C=O) groups excluding carboxylic acids is 1. The molecule has 0 aliphatic carbocycles. The summed E-state index contributed by atoms with van der Waals surface area (Å²) in [7, 11) is 0. The Hall–Kier alpha value is -2.56. The van der Waals surface area contributed by atoms with E-state index in [1.165, 1.54) is 6.20 Å². The molecule has 0 amide bonds. The van der Waals surface area contributed by atoms with Gasteiger partial charge in [-0.15, -0.1) is 0 Å². The largest absolute Gasteiger partial charge is 0.492 e. The Morgan fingerprint density at radius 1 is 1.33 bits per heavy atom. The Morgan fingerprint density at radius 3 is 2.95 bits per heavy atom. The standard InChI is InChI=1S/C16H15NO4/c1-2-19-12-7-11(8-17-9-12)16(18)15-10-20-13-5-3-4-6-14(13)21-15/h3-9,15H,2,10H2,1H3. The molecular formula is C16H15NO4. The van der Waals surface area contributed by atoms with Crippen LogP contribution in [0, 0.1) is 0 Å². The number of para-hydroxylation sites is 2. The van der Waals surface area contributed by atoms with E-state index in [1.807, 2.05) is 25.1 Å². The molecule has 5 nitrogen and oxygen atoms in total. The fourth-order valence-corrected chi connectivity index (χ4v) is 2.13. The van der Waals surface area contributed by atoms with Gasteiger partial charge in [-0.3, -0.25) is 9.78 Å². The van der Waals surface area contributed by atoms with E-state index in [-0.39, 0.29) is 12.4 Å². The van der Waals surface area contributed by atoms with Crippen LogP contribution in [0.15, 0.2) is 42.7 Å². The van der Waals surface area contributed by atoms with Crippen LogP contribution in [0.2, 0.25) is 0 Å². The van der Waals surface area contributed by atoms with Gasteiger partial charge in [-0.1, -0.05) is 12.1 Å². The Labute approximate surface area is 122 Å². The van der Waals surface area contributed by atoms with Gasteiger partial charge in [0.1, 0.15) is 12.4 Å². The molecule has 5 heteroatoms. The minimum absolute atomic E-state index is 0.168. The summed E-state index contributed by atoms with van der Waals surface area (Å²) in [6.07, 6.45) is 2.42. The minimum Gasteiger partial charge on any atom is -0.492 e. The topological polar surface area (TPSA) is 57.7 Å². The van der Waals surface area contributed by atoms with E-state index in [0.29, 0.717) is 29.4 Å². The molecule has 1 aromatic heterocycles. The number of hydrogen-bond acceptors (Lipinski definition) is 5. The summed E-state index contributed by atoms with van der Waals surface area (Å²) in [5.41, 5.74) is 0.453. The van der Waals surface area contributed by atoms with Crippen LogP contribution < -0.4 is 14.2 Å². The zero-order chi connectivity index (χ0) is 14.7. The van der Waals surface area contributed by atoms with Gasteiger partial charge in [0.05, 0.1) is 12.8 Å². The van der Waals surface area contributed by atoms with Gasteiger partial charge < -0.3 is 14.2 Å². The van der Waals surface area contributed by atoms with Crippen molar-refractivity contribution >= 4 is 5.78 Å². The van der Waals surface area contributed by atoms with Crippen LogP contribution in [0.5, 0.6) is 17.2 Å². The first kappa shape index (κ1) is 13.4. The van der Waals surface area contributed by atoms with Gasteiger partial charge in [-0.05, 0) is 25.1 Å². The van der Waals surface area contributed by atoms with Crippen LogP contribution in [-0.2, 0) is 0 Å². The average molecular weight is 285 g/mol. The first-order chi connectivity index (χ1) is 10.3. The lowest BCUT2D eigenvalue weighted by atomic mass is 10.1. The van der Waals surface area contributed by atoms with Gasteiger partial charge in [0, 0.05) is 11.8 Å². The van der Waals surface area contributed by atoms with E-state index >= 15 is 0 Å². The molecule has 1 aromatic carbocycles. The second-order valence-electron chi connectivity index (χ2n) is 4.57. The highest BCUT2D eigenvalue weighted by molar-refractivity contribution is 6.00. The van der Waals surface area contributed by atoms with Crippen molar-refractivity contribution in [3.63, 3.8) is 0 Å². The smallest absolute Gasteiger partial charge is 0.208 e. The number of fused-ring (bicyclic) bond motifs is 1. The molecule has 0 saturated heterocycles. The third-order valence-corrected chi connectivity index (χ3v) is 3.11. The lowest BCUT2D eigenvalue weighted by molar-refractivity contribution is 0.0585. The summed E-state index contributed by atoms with van der Waals surface area (Å²) in [6, 6.07) is 8.96. The van der Waals surface area contributed by atoms with Crippen LogP contribution in [0.4, 0.5) is 0 Å². The number of benzene rings is 1. The fourth-order valence-electron chi connectivity index (χ4n) is 2.13. The fraction of sp³-hybridized carbons (Fsp3) is 0.250. The van der Waals surface area contributed by atoms with Crippen molar-refractivity contribution in [3.05, 3.63) is 48.3 Å². The molecule has 0 spiro atoms. The number of rotatable bonds is 4. The highest BCUT2D eigenvalue weighted by atomic mass is 16.6. The van der Waals surface area contributed by atoms with Crippen molar-refractivity contribution in [2.24, 2.45) is 0 Å². The Kier molecular flexibility index (Phi) is 3.73. The van der Waals surface area contributed by atoms with Crippen LogP contribution in [0.25, 0.3) is 0 Å². The molecule has 0 saturated carbocycles. The van der Waals surface area contributed by atoms with E-state index < -0.39 is 6.10 Å². The molecule has 0 N–H and O–H groups in total. The van der Waals surface area contributed by atoms with E-state index in [0.717, 1.165) is 0 Å². The normalized spacial score (nSPS) is 16.3. The number of carbonyl (C=O) groups is 1. The second kappa shape index (κ2) is 5.83. The zero-order valence-electron chi connectivity index (χ0n) is 11.6. The van der Waals surface area contributed by atoms with Gasteiger partial charge in [-0.25, -0.2) is 0 Å². The van der Waals surface area contributed by atoms with Crippen molar-refractivity contribution in [2.45, 2.75) is 13.0 Å². The quantitative estimate of drug-likeness (QED) is 0.808. The predicted octanol–water partition coefficient (Wildman–Crippen LogP) is 2.50. The number of aromatic nitrogens is 1. The first-order valence-corrected chi connectivity index (χ1v) is 6.78. The highest BCUT2D eigenvalue weighted by Crippen LogP contribution is 2.31. The number of Topliss-reactive ketones (excluding diaryl/α,β-unsaturated/α-hetero) is 1. The third-order valence-electron chi connectivity index (χ3n) is 3.11. The van der Waals surface area contributed by atoms with Crippen molar-refractivity contribution < 1.29 is 19.0 Å². The van der Waals surface area contributed by atoms with Gasteiger partial charge in [0.2, 0.25) is 5.78 Å². The maximum atomic E-state index is 12.5. The number of pyridine rings is 1. The van der Waals surface area contributed by atoms with Crippen molar-refractivity contribution in [1.82, 2.24) is 4.98 Å². The maximum absolute atomic E-state index is 12.5. The van der Waals surface area contributed by atoms with E-state index in [1.54, 1.807) is 18.3 Å². The molecular weight excluding hydrogens is 270 g/mol. The average Bonchev–Trinajstić information content (AvgIpc) is 2.54. The van der Waals surface area contributed by atoms with Gasteiger partial charge >= 0.3 is 0 Å². The second-order valence-corrected chi connectivity index (χ2v) is 4.57. The lowest BCUT2D eigenvalue weighted by Crippen LogP contribution is -2.36. The Balaban J connectivity index is 1.79. The first-order valence-electron chi connectivity index (χ1n) is 6.78. The van der Waals surface area contributed by atoms with E-state index in [2.05, 4.69) is 4.98 Å². The van der Waals surface area contributed by atoms with Gasteiger partial charge in [0.25, 0.3) is 0 Å². The third kappa shape index (κ3) is 2.81. The molecule has 0 radical (unpaired) electrons. The Morgan fingerprint density at radius 2 is 2.14 bits per heavy atom. The zero-order valence-corrected chi connectivity index (χ0v) is 11.6. The number of ether oxygens (including phenoxy) is 3. The highest BCUT2D eigenvalue weighted by Gasteiger charge is 2.28. The number of hydrogen-bond donors (Lipinski definition) is 0. The van der Waals surface area contributed by atoms with Crippen LogP contribution in [0.1, 0.15) is 17.3 Å². The monoisotopic (exact) mass is 285 g/mol. The predicted molar refractivity (Wildman–Crippen MR) is 76.1 cm³/mol. The number of ketones is 1. The summed E-state index contributed by atoms with van der Waals surface area (Å²) >= 11 is 0. The molecule has 1 aliphatic heterocycles. The molecule has 1 atom stereocenters. The van der Waals surface area contributed by atoms with Crippen LogP contribution >= 0.6 is 0 Å². The summed E-state index contributed by atoms with van der Waals surface area (Å²) in [5.74, 6) is 1.64.